The first-order valence-electron chi connectivity index (χ1n) is 20.8. The van der Waals surface area contributed by atoms with Crippen LogP contribution < -0.4 is 4.90 Å². The molecule has 0 atom stereocenters. The van der Waals surface area contributed by atoms with Crippen molar-refractivity contribution >= 4 is 50.3 Å². The molecule has 7 aromatic carbocycles. The van der Waals surface area contributed by atoms with Gasteiger partial charge >= 0.3 is 0 Å². The van der Waals surface area contributed by atoms with E-state index in [4.69, 9.17) is 14.4 Å². The van der Waals surface area contributed by atoms with Gasteiger partial charge in [-0.2, -0.15) is 0 Å². The van der Waals surface area contributed by atoms with Crippen LogP contribution in [0.2, 0.25) is 0 Å². The number of hydrogen-bond donors (Lipinski definition) is 0. The lowest BCUT2D eigenvalue weighted by Crippen LogP contribution is -2.10. The van der Waals surface area contributed by atoms with Crippen molar-refractivity contribution in [3.8, 4) is 56.2 Å². The highest BCUT2D eigenvalue weighted by molar-refractivity contribution is 6.12. The molecule has 0 unspecified atom stereocenters. The number of fused-ring (bicyclic) bond motifs is 5. The van der Waals surface area contributed by atoms with Gasteiger partial charge in [0.15, 0.2) is 0 Å². The second-order valence-electron chi connectivity index (χ2n) is 15.5. The van der Waals surface area contributed by atoms with Crippen molar-refractivity contribution in [3.05, 3.63) is 225 Å². The van der Waals surface area contributed by atoms with E-state index >= 15 is 0 Å². The van der Waals surface area contributed by atoms with Crippen LogP contribution in [0.15, 0.2) is 229 Å². The first-order chi connectivity index (χ1) is 30.7. The molecule has 6 heteroatoms. The zero-order chi connectivity index (χ0) is 41.0. The molecule has 0 aliphatic heterocycles. The van der Waals surface area contributed by atoms with E-state index in [1.165, 1.54) is 0 Å². The van der Waals surface area contributed by atoms with Crippen molar-refractivity contribution in [1.82, 2.24) is 18.8 Å². The summed E-state index contributed by atoms with van der Waals surface area (Å²) in [4.78, 5) is 12.5. The number of aromatic nitrogens is 4. The van der Waals surface area contributed by atoms with Crippen molar-refractivity contribution in [3.63, 3.8) is 0 Å². The predicted molar refractivity (Wildman–Crippen MR) is 253 cm³/mol. The Labute approximate surface area is 357 Å². The quantitative estimate of drug-likeness (QED) is 0.154. The molecule has 0 bridgehead atoms. The van der Waals surface area contributed by atoms with Gasteiger partial charge in [0.05, 0.1) is 22.8 Å². The summed E-state index contributed by atoms with van der Waals surface area (Å²) in [5.74, 6) is 0. The number of pyridine rings is 2. The molecule has 6 nitrogen and oxygen atoms in total. The second kappa shape index (κ2) is 14.7. The Morgan fingerprint density at radius 3 is 1.34 bits per heavy atom. The molecule has 62 heavy (non-hydrogen) atoms. The van der Waals surface area contributed by atoms with Gasteiger partial charge in [0.1, 0.15) is 22.5 Å². The molecule has 0 spiro atoms. The van der Waals surface area contributed by atoms with Crippen molar-refractivity contribution < 1.29 is 4.42 Å². The maximum atomic E-state index is 6.26. The second-order valence-corrected chi connectivity index (χ2v) is 15.5. The topological polar surface area (TPSA) is 51.0 Å². The van der Waals surface area contributed by atoms with Crippen molar-refractivity contribution in [2.45, 2.75) is 0 Å². The van der Waals surface area contributed by atoms with Crippen LogP contribution in [0.1, 0.15) is 0 Å². The smallest absolute Gasteiger partial charge is 0.137 e. The lowest BCUT2D eigenvalue weighted by molar-refractivity contribution is 0.669. The van der Waals surface area contributed by atoms with E-state index in [2.05, 4.69) is 196 Å². The third-order valence-electron chi connectivity index (χ3n) is 11.8. The molecular weight excluding hydrogens is 759 g/mol. The molecule has 0 aliphatic rings. The van der Waals surface area contributed by atoms with Crippen LogP contribution in [-0.4, -0.2) is 18.8 Å². The highest BCUT2D eigenvalue weighted by atomic mass is 16.3. The van der Waals surface area contributed by atoms with Crippen LogP contribution in [0.3, 0.4) is 0 Å². The molecule has 12 rings (SSSR count). The fourth-order valence-electron chi connectivity index (χ4n) is 8.93. The minimum absolute atomic E-state index is 0.886. The van der Waals surface area contributed by atoms with E-state index < -0.39 is 0 Å². The minimum Gasteiger partial charge on any atom is -0.456 e. The van der Waals surface area contributed by atoms with Crippen LogP contribution in [-0.2, 0) is 0 Å². The van der Waals surface area contributed by atoms with Gasteiger partial charge in [-0.05, 0) is 83.9 Å². The maximum Gasteiger partial charge on any atom is 0.137 e. The number of benzene rings is 7. The van der Waals surface area contributed by atoms with Gasteiger partial charge in [-0.1, -0.05) is 140 Å². The average Bonchev–Trinajstić information content (AvgIpc) is 4.05. The molecule has 12 aromatic rings. The maximum absolute atomic E-state index is 6.26. The molecule has 0 fully saturated rings. The molecule has 292 valence electrons. The summed E-state index contributed by atoms with van der Waals surface area (Å²) in [6.45, 7) is 0. The van der Waals surface area contributed by atoms with Gasteiger partial charge in [0.2, 0.25) is 0 Å². The number of hydrogen-bond acceptors (Lipinski definition) is 4. The summed E-state index contributed by atoms with van der Waals surface area (Å²) in [6.07, 6.45) is 4.18. The van der Waals surface area contributed by atoms with Gasteiger partial charge in [0.25, 0.3) is 0 Å². The molecule has 0 radical (unpaired) electrons. The highest BCUT2D eigenvalue weighted by Gasteiger charge is 2.20. The summed E-state index contributed by atoms with van der Waals surface area (Å²) in [5.41, 5.74) is 17.3. The summed E-state index contributed by atoms with van der Waals surface area (Å²) < 4.78 is 10.6. The Hall–Kier alpha value is -8.48. The number of rotatable bonds is 8. The fourth-order valence-corrected chi connectivity index (χ4v) is 8.93. The Morgan fingerprint density at radius 1 is 0.355 bits per heavy atom. The SMILES string of the molecule is c1ccc(-c2nc3ccccn3c2-c2ccc(N(c3ccc(-c4cccc5oc6ccccc6c45)cc3)c3ccc(-c4c(-c5ccccc5)nc5ccccn45)cc3)cc2)cc1. The predicted octanol–water partition coefficient (Wildman–Crippen LogP) is 14.7. The Balaban J connectivity index is 0.981. The molecule has 0 saturated carbocycles. The van der Waals surface area contributed by atoms with E-state index in [1.54, 1.807) is 0 Å². The fraction of sp³-hybridized carbons (Fsp3) is 0. The van der Waals surface area contributed by atoms with Gasteiger partial charge in [-0.25, -0.2) is 9.97 Å². The third-order valence-corrected chi connectivity index (χ3v) is 11.8. The molecule has 0 saturated heterocycles. The van der Waals surface area contributed by atoms with E-state index in [9.17, 15) is 0 Å². The van der Waals surface area contributed by atoms with E-state index in [0.29, 0.717) is 0 Å². The number of para-hydroxylation sites is 1. The number of furan rings is 1. The minimum atomic E-state index is 0.886. The summed E-state index contributed by atoms with van der Waals surface area (Å²) >= 11 is 0. The van der Waals surface area contributed by atoms with Crippen LogP contribution in [0, 0.1) is 0 Å². The number of nitrogens with zero attached hydrogens (tertiary/aromatic N) is 5. The Bertz CT molecular complexity index is 3390. The van der Waals surface area contributed by atoms with Crippen molar-refractivity contribution in [2.24, 2.45) is 0 Å². The molecule has 0 amide bonds. The van der Waals surface area contributed by atoms with Gasteiger partial charge < -0.3 is 9.32 Å². The third kappa shape index (κ3) is 5.96. The standard InChI is InChI=1S/C56H37N5O/c1-3-14-39(15-4-1)53-55(59-36-11-9-22-50(59)57-53)41-26-32-44(33-27-41)61(43-30-24-38(25-31-43)46-19-13-21-49-52(46)47-18-7-8-20-48(47)62-49)45-34-28-42(29-35-45)56-54(40-16-5-2-6-17-40)58-51-23-10-12-37-60(51)56/h1-37H. The zero-order valence-corrected chi connectivity index (χ0v) is 33.5. The van der Waals surface area contributed by atoms with E-state index in [0.717, 1.165) is 106 Å². The van der Waals surface area contributed by atoms with Crippen molar-refractivity contribution in [1.29, 1.82) is 0 Å². The molecule has 0 N–H and O–H groups in total. The van der Waals surface area contributed by atoms with Gasteiger partial charge in [0, 0.05) is 62.5 Å². The van der Waals surface area contributed by atoms with Crippen LogP contribution in [0.4, 0.5) is 17.1 Å². The molecule has 0 aliphatic carbocycles. The largest absolute Gasteiger partial charge is 0.456 e. The molecule has 5 heterocycles. The zero-order valence-electron chi connectivity index (χ0n) is 33.5. The first-order valence-corrected chi connectivity index (χ1v) is 20.8. The van der Waals surface area contributed by atoms with E-state index in [1.807, 2.05) is 42.5 Å². The highest BCUT2D eigenvalue weighted by Crippen LogP contribution is 2.42. The summed E-state index contributed by atoms with van der Waals surface area (Å²) in [5, 5.41) is 2.25. The van der Waals surface area contributed by atoms with Crippen LogP contribution in [0.25, 0.3) is 89.4 Å². The Kier molecular flexibility index (Phi) is 8.38. The molecular formula is C56H37N5O. The Morgan fingerprint density at radius 2 is 0.806 bits per heavy atom. The van der Waals surface area contributed by atoms with Crippen molar-refractivity contribution in [2.75, 3.05) is 4.90 Å². The van der Waals surface area contributed by atoms with Gasteiger partial charge in [-0.15, -0.1) is 0 Å². The summed E-state index contributed by atoms with van der Waals surface area (Å²) in [7, 11) is 0. The first kappa shape index (κ1) is 35.5. The lowest BCUT2D eigenvalue weighted by atomic mass is 9.99. The van der Waals surface area contributed by atoms with Gasteiger partial charge in [-0.3, -0.25) is 8.80 Å². The van der Waals surface area contributed by atoms with Crippen LogP contribution in [0.5, 0.6) is 0 Å². The monoisotopic (exact) mass is 795 g/mol. The van der Waals surface area contributed by atoms with E-state index in [-0.39, 0.29) is 0 Å². The summed E-state index contributed by atoms with van der Waals surface area (Å²) in [6, 6.07) is 74.3. The average molecular weight is 796 g/mol. The molecule has 5 aromatic heterocycles. The lowest BCUT2D eigenvalue weighted by Gasteiger charge is -2.26. The normalized spacial score (nSPS) is 11.5. The number of imidazole rings is 2. The number of anilines is 3. The van der Waals surface area contributed by atoms with Crippen LogP contribution >= 0.6 is 0 Å².